The molecular weight excluding hydrogens is 992 g/mol. The van der Waals surface area contributed by atoms with E-state index in [4.69, 9.17) is 13.5 Å². The van der Waals surface area contributed by atoms with Crippen molar-refractivity contribution < 1.29 is 33.0 Å². The van der Waals surface area contributed by atoms with Gasteiger partial charge in [-0.2, -0.15) is 5.26 Å². The Labute approximate surface area is 404 Å². The van der Waals surface area contributed by atoms with Gasteiger partial charge in [0.1, 0.15) is 11.7 Å². The summed E-state index contributed by atoms with van der Waals surface area (Å²) in [7, 11) is 0. The van der Waals surface area contributed by atoms with E-state index in [0.717, 1.165) is 44.4 Å². The summed E-state index contributed by atoms with van der Waals surface area (Å²) < 4.78 is 44.4. The van der Waals surface area contributed by atoms with Crippen LogP contribution in [-0.2, 0) is 20.1 Å². The number of fused-ring (bicyclic) bond motifs is 4. The Hall–Kier alpha value is -6.97. The molecule has 0 aliphatic carbocycles. The summed E-state index contributed by atoms with van der Waals surface area (Å²) in [6.45, 7) is 10.7. The Morgan fingerprint density at radius 2 is 1.33 bits per heavy atom. The van der Waals surface area contributed by atoms with E-state index in [9.17, 15) is 9.65 Å². The number of aryl methyl sites for hydroxylation is 1. The molecule has 7 heteroatoms. The van der Waals surface area contributed by atoms with Crippen molar-refractivity contribution in [2.24, 2.45) is 0 Å². The first kappa shape index (κ1) is 41.7. The van der Waals surface area contributed by atoms with Gasteiger partial charge in [-0.1, -0.05) is 137 Å². The largest absolute Gasteiger partial charge is 0.499 e. The molecule has 0 saturated heterocycles. The fourth-order valence-corrected chi connectivity index (χ4v) is 8.57. The molecule has 0 bridgehead atoms. The second kappa shape index (κ2) is 19.2. The minimum atomic E-state index is -2.18. The van der Waals surface area contributed by atoms with Gasteiger partial charge in [-0.05, 0) is 105 Å². The van der Waals surface area contributed by atoms with Gasteiger partial charge in [0.25, 0.3) is 0 Å². The molecule has 0 fully saturated rings. The molecule has 5 nitrogen and oxygen atoms in total. The molecule has 66 heavy (non-hydrogen) atoms. The number of hydrogen-bond donors (Lipinski definition) is 0. The zero-order chi connectivity index (χ0) is 47.9. The van der Waals surface area contributed by atoms with E-state index in [-0.39, 0.29) is 49.2 Å². The Morgan fingerprint density at radius 3 is 1.98 bits per heavy atom. The number of benzene rings is 7. The van der Waals surface area contributed by atoms with Crippen LogP contribution >= 0.6 is 0 Å². The molecule has 0 saturated carbocycles. The minimum Gasteiger partial charge on any atom is -0.499 e. The van der Waals surface area contributed by atoms with Crippen LogP contribution in [0.1, 0.15) is 91.2 Å². The Bertz CT molecular complexity index is 3470. The van der Waals surface area contributed by atoms with Crippen molar-refractivity contribution in [1.82, 2.24) is 14.5 Å². The molecule has 0 aliphatic heterocycles. The average molecular weight is 1040 g/mol. The molecule has 0 N–H and O–H groups in total. The SMILES string of the molecule is CC(C)c1cc(-c2ccc(-c3ccccc3)cc2)cc(C(C)C)c1-n1c(-c2[c-]ccc3c2oc2c(C#N)cccc23)nc2ccccc21.[2H]C([2H])([2H])c1cnc(-c2[c-]cc(F)cc2)cc1C(C)C.[Ir]. The Balaban J connectivity index is 0.000000257. The van der Waals surface area contributed by atoms with Crippen LogP contribution in [0.3, 0.4) is 0 Å². The number of imidazole rings is 1. The molecule has 0 spiro atoms. The van der Waals surface area contributed by atoms with Crippen LogP contribution in [0.4, 0.5) is 4.39 Å². The summed E-state index contributed by atoms with van der Waals surface area (Å²) in [5.41, 5.74) is 15.2. The van der Waals surface area contributed by atoms with Gasteiger partial charge in [-0.25, -0.2) is 0 Å². The maximum absolute atomic E-state index is 12.9. The third-order valence-electron chi connectivity index (χ3n) is 11.9. The number of halogens is 1. The van der Waals surface area contributed by atoms with Crippen LogP contribution in [0.5, 0.6) is 0 Å². The molecule has 10 rings (SSSR count). The maximum atomic E-state index is 12.9. The normalized spacial score (nSPS) is 12.2. The molecular formula is C59H49FIrN4O-2. The Morgan fingerprint density at radius 1 is 0.682 bits per heavy atom. The third-order valence-corrected chi connectivity index (χ3v) is 11.9. The van der Waals surface area contributed by atoms with E-state index in [1.165, 1.54) is 51.7 Å². The molecule has 329 valence electrons. The number of aromatic nitrogens is 3. The number of nitriles is 1. The molecule has 1 radical (unpaired) electrons. The van der Waals surface area contributed by atoms with Gasteiger partial charge in [-0.3, -0.25) is 9.37 Å². The van der Waals surface area contributed by atoms with E-state index in [1.54, 1.807) is 18.2 Å². The van der Waals surface area contributed by atoms with Gasteiger partial charge in [0.2, 0.25) is 0 Å². The van der Waals surface area contributed by atoms with Crippen LogP contribution in [0.15, 0.2) is 156 Å². The van der Waals surface area contributed by atoms with Crippen molar-refractivity contribution in [3.63, 3.8) is 0 Å². The zero-order valence-electron chi connectivity index (χ0n) is 40.6. The van der Waals surface area contributed by atoms with Crippen LogP contribution in [0, 0.1) is 36.1 Å². The quantitative estimate of drug-likeness (QED) is 0.142. The van der Waals surface area contributed by atoms with E-state index >= 15 is 0 Å². The molecule has 0 atom stereocenters. The summed E-state index contributed by atoms with van der Waals surface area (Å²) in [5, 5.41) is 11.7. The smallest absolute Gasteiger partial charge is 0.138 e. The first-order valence-electron chi connectivity index (χ1n) is 23.5. The predicted octanol–water partition coefficient (Wildman–Crippen LogP) is 16.0. The second-order valence-electron chi connectivity index (χ2n) is 17.2. The van der Waals surface area contributed by atoms with Crippen molar-refractivity contribution in [1.29, 1.82) is 5.26 Å². The number of hydrogen-bond acceptors (Lipinski definition) is 4. The summed E-state index contributed by atoms with van der Waals surface area (Å²) in [6, 6.07) is 56.6. The average Bonchev–Trinajstić information content (AvgIpc) is 3.93. The van der Waals surface area contributed by atoms with E-state index in [1.807, 2.05) is 44.2 Å². The standard InChI is InChI=1S/C44H34N3O.C15H15FN.Ir/c1-27(2)37-24-33(31-22-20-30(21-23-31)29-12-6-5-7-13-29)25-38(28(3)4)41(37)47-40-19-9-8-18-39(40)46-44(47)36-17-11-16-35-34-15-10-14-32(26-45)42(34)48-43(35)36;1-10(2)14-8-15(17-9-11(14)3)12-4-6-13(16)7-5-12;/h5-16,18-25,27-28H,1-4H3;4,6-10H,1-3H3;/q2*-1;/i;3D3;. The molecule has 7 aromatic carbocycles. The third kappa shape index (κ3) is 8.75. The van der Waals surface area contributed by atoms with E-state index in [2.05, 4.69) is 140 Å². The molecule has 0 unspecified atom stereocenters. The van der Waals surface area contributed by atoms with Gasteiger partial charge in [-0.15, -0.1) is 48.0 Å². The minimum absolute atomic E-state index is 0. The van der Waals surface area contributed by atoms with Gasteiger partial charge in [0.05, 0.1) is 28.0 Å². The maximum Gasteiger partial charge on any atom is 0.138 e. The number of pyridine rings is 1. The molecule has 10 aromatic rings. The van der Waals surface area contributed by atoms with Gasteiger partial charge < -0.3 is 14.0 Å². The Kier molecular flexibility index (Phi) is 12.2. The first-order valence-corrected chi connectivity index (χ1v) is 22.0. The fourth-order valence-electron chi connectivity index (χ4n) is 8.57. The van der Waals surface area contributed by atoms with Crippen LogP contribution in [-0.4, -0.2) is 14.5 Å². The van der Waals surface area contributed by atoms with Crippen LogP contribution in [0.2, 0.25) is 0 Å². The molecule has 3 heterocycles. The van der Waals surface area contributed by atoms with Crippen LogP contribution < -0.4 is 0 Å². The van der Waals surface area contributed by atoms with Gasteiger partial charge in [0, 0.05) is 47.3 Å². The van der Waals surface area contributed by atoms with Crippen molar-refractivity contribution in [2.75, 3.05) is 0 Å². The topological polar surface area (TPSA) is 67.6 Å². The molecule has 3 aromatic heterocycles. The van der Waals surface area contributed by atoms with Crippen molar-refractivity contribution in [2.45, 2.75) is 66.1 Å². The number of rotatable bonds is 8. The monoisotopic (exact) mass is 1040 g/mol. The van der Waals surface area contributed by atoms with Crippen molar-refractivity contribution in [3.8, 4) is 56.7 Å². The van der Waals surface area contributed by atoms with Crippen molar-refractivity contribution in [3.05, 3.63) is 198 Å². The predicted molar refractivity (Wildman–Crippen MR) is 264 cm³/mol. The zero-order valence-corrected chi connectivity index (χ0v) is 40.0. The second-order valence-corrected chi connectivity index (χ2v) is 17.2. The van der Waals surface area contributed by atoms with Gasteiger partial charge >= 0.3 is 0 Å². The fraction of sp³-hybridized carbons (Fsp3) is 0.169. The van der Waals surface area contributed by atoms with E-state index < -0.39 is 6.85 Å². The van der Waals surface area contributed by atoms with Crippen molar-refractivity contribution >= 4 is 33.0 Å². The number of nitrogens with zero attached hydrogens (tertiary/aromatic N) is 4. The van der Waals surface area contributed by atoms with E-state index in [0.29, 0.717) is 28.0 Å². The molecule has 0 amide bonds. The summed E-state index contributed by atoms with van der Waals surface area (Å²) in [6.07, 6.45) is 1.38. The summed E-state index contributed by atoms with van der Waals surface area (Å²) in [5.74, 6) is 0.936. The number of para-hydroxylation sites is 3. The number of furan rings is 1. The first-order chi connectivity index (χ1) is 32.7. The van der Waals surface area contributed by atoms with Crippen LogP contribution in [0.25, 0.3) is 83.6 Å². The molecule has 0 aliphatic rings. The van der Waals surface area contributed by atoms with Gasteiger partial charge in [0.15, 0.2) is 0 Å². The summed E-state index contributed by atoms with van der Waals surface area (Å²) in [4.78, 5) is 9.42. The summed E-state index contributed by atoms with van der Waals surface area (Å²) >= 11 is 0.